The quantitative estimate of drug-likeness (QED) is 0.587. The van der Waals surface area contributed by atoms with Crippen LogP contribution in [0.2, 0.25) is 5.02 Å². The summed E-state index contributed by atoms with van der Waals surface area (Å²) in [7, 11) is 0. The van der Waals surface area contributed by atoms with Crippen LogP contribution in [0, 0.1) is 0 Å². The predicted octanol–water partition coefficient (Wildman–Crippen LogP) is 4.54. The highest BCUT2D eigenvalue weighted by Crippen LogP contribution is 2.36. The zero-order valence-electron chi connectivity index (χ0n) is 18.2. The van der Waals surface area contributed by atoms with Gasteiger partial charge in [-0.25, -0.2) is 8.78 Å². The third-order valence-electron chi connectivity index (χ3n) is 6.36. The molecule has 0 saturated carbocycles. The lowest BCUT2D eigenvalue weighted by Crippen LogP contribution is -2.44. The Bertz CT molecular complexity index is 1170. The fourth-order valence-corrected chi connectivity index (χ4v) is 5.03. The molecule has 5 rings (SSSR count). The molecule has 0 spiro atoms. The van der Waals surface area contributed by atoms with Crippen LogP contribution >= 0.6 is 11.6 Å². The summed E-state index contributed by atoms with van der Waals surface area (Å²) in [5, 5.41) is 2.81. The standard InChI is InChI=1S/C24H26ClF2N5O/c25-18-6-1-4-16-5-2-7-20(21(16)18)32-11-8-17-19(14-32)29-23(30-22(17)28)33-13-12-31-10-3-9-24(26,27)15-31/h1-2,4-7H,3,8-15H2,(H2,28,29,30). The van der Waals surface area contributed by atoms with E-state index in [-0.39, 0.29) is 25.6 Å². The van der Waals surface area contributed by atoms with Gasteiger partial charge in [0, 0.05) is 36.1 Å². The Morgan fingerprint density at radius 1 is 1.12 bits per heavy atom. The maximum atomic E-state index is 13.6. The first kappa shape index (κ1) is 22.1. The molecule has 9 heteroatoms. The van der Waals surface area contributed by atoms with Crippen molar-refractivity contribution >= 4 is 33.9 Å². The summed E-state index contributed by atoms with van der Waals surface area (Å²) in [6.07, 6.45) is 1.15. The highest BCUT2D eigenvalue weighted by Gasteiger charge is 2.34. The smallest absolute Gasteiger partial charge is 0.318 e. The molecule has 0 amide bonds. The molecular weight excluding hydrogens is 448 g/mol. The van der Waals surface area contributed by atoms with E-state index in [4.69, 9.17) is 22.1 Å². The first-order valence-corrected chi connectivity index (χ1v) is 11.6. The number of piperidine rings is 1. The average Bonchev–Trinajstić information content (AvgIpc) is 2.78. The van der Waals surface area contributed by atoms with Crippen LogP contribution in [-0.4, -0.2) is 53.6 Å². The molecule has 0 aliphatic carbocycles. The van der Waals surface area contributed by atoms with Crippen LogP contribution < -0.4 is 15.4 Å². The van der Waals surface area contributed by atoms with Gasteiger partial charge in [0.2, 0.25) is 0 Å². The number of hydrogen-bond acceptors (Lipinski definition) is 6. The average molecular weight is 474 g/mol. The summed E-state index contributed by atoms with van der Waals surface area (Å²) in [5.41, 5.74) is 9.01. The molecule has 3 aromatic rings. The first-order chi connectivity index (χ1) is 15.9. The zero-order valence-corrected chi connectivity index (χ0v) is 19.0. The van der Waals surface area contributed by atoms with Crippen molar-refractivity contribution in [2.75, 3.05) is 43.4 Å². The minimum absolute atomic E-state index is 0.0484. The van der Waals surface area contributed by atoms with E-state index in [0.29, 0.717) is 43.3 Å². The van der Waals surface area contributed by atoms with Crippen LogP contribution in [0.4, 0.5) is 20.3 Å². The predicted molar refractivity (Wildman–Crippen MR) is 126 cm³/mol. The molecule has 2 aromatic carbocycles. The Kier molecular flexibility index (Phi) is 5.97. The highest BCUT2D eigenvalue weighted by molar-refractivity contribution is 6.36. The van der Waals surface area contributed by atoms with Crippen molar-refractivity contribution < 1.29 is 13.5 Å². The topological polar surface area (TPSA) is 67.5 Å². The molecule has 2 aliphatic rings. The molecule has 6 nitrogen and oxygen atoms in total. The van der Waals surface area contributed by atoms with Crippen LogP contribution in [0.1, 0.15) is 24.1 Å². The van der Waals surface area contributed by atoms with Crippen molar-refractivity contribution in [1.29, 1.82) is 0 Å². The second kappa shape index (κ2) is 8.91. The number of aromatic nitrogens is 2. The number of halogens is 3. The number of hydrogen-bond donors (Lipinski definition) is 1. The molecule has 1 aromatic heterocycles. The number of fused-ring (bicyclic) bond motifs is 2. The van der Waals surface area contributed by atoms with Gasteiger partial charge in [-0.1, -0.05) is 35.9 Å². The third kappa shape index (κ3) is 4.68. The summed E-state index contributed by atoms with van der Waals surface area (Å²) in [6.45, 7) is 2.38. The van der Waals surface area contributed by atoms with Gasteiger partial charge in [-0.15, -0.1) is 0 Å². The molecular formula is C24H26ClF2N5O. The number of rotatable bonds is 5. The van der Waals surface area contributed by atoms with Crippen molar-refractivity contribution in [3.63, 3.8) is 0 Å². The van der Waals surface area contributed by atoms with Gasteiger partial charge in [-0.3, -0.25) is 4.90 Å². The Hall–Kier alpha value is -2.71. The summed E-state index contributed by atoms with van der Waals surface area (Å²) in [6, 6.07) is 12.2. The Morgan fingerprint density at radius 3 is 2.76 bits per heavy atom. The van der Waals surface area contributed by atoms with E-state index >= 15 is 0 Å². The van der Waals surface area contributed by atoms with Gasteiger partial charge >= 0.3 is 6.01 Å². The molecule has 174 valence electrons. The minimum atomic E-state index is -2.63. The SMILES string of the molecule is Nc1nc(OCCN2CCCC(F)(F)C2)nc2c1CCN(c1cccc3cccc(Cl)c13)C2. The van der Waals surface area contributed by atoms with Crippen LogP contribution in [0.5, 0.6) is 6.01 Å². The maximum absolute atomic E-state index is 13.6. The van der Waals surface area contributed by atoms with Gasteiger partial charge in [0.15, 0.2) is 0 Å². The number of nitrogens with two attached hydrogens (primary N) is 1. The van der Waals surface area contributed by atoms with Gasteiger partial charge in [-0.05, 0) is 36.9 Å². The third-order valence-corrected chi connectivity index (χ3v) is 6.67. The number of alkyl halides is 2. The van der Waals surface area contributed by atoms with Crippen LogP contribution in [-0.2, 0) is 13.0 Å². The Balaban J connectivity index is 1.31. The number of likely N-dealkylation sites (tertiary alicyclic amines) is 1. The van der Waals surface area contributed by atoms with Gasteiger partial charge in [0.05, 0.1) is 23.8 Å². The minimum Gasteiger partial charge on any atom is -0.462 e. The van der Waals surface area contributed by atoms with Crippen LogP contribution in [0.3, 0.4) is 0 Å². The lowest BCUT2D eigenvalue weighted by molar-refractivity contribution is -0.0657. The van der Waals surface area contributed by atoms with Crippen LogP contribution in [0.25, 0.3) is 10.8 Å². The molecule has 33 heavy (non-hydrogen) atoms. The Morgan fingerprint density at radius 2 is 1.94 bits per heavy atom. The monoisotopic (exact) mass is 473 g/mol. The molecule has 3 heterocycles. The number of ether oxygens (including phenoxy) is 1. The van der Waals surface area contributed by atoms with Crippen molar-refractivity contribution in [3.05, 3.63) is 52.7 Å². The summed E-state index contributed by atoms with van der Waals surface area (Å²) in [4.78, 5) is 12.9. The lowest BCUT2D eigenvalue weighted by Gasteiger charge is -2.32. The summed E-state index contributed by atoms with van der Waals surface area (Å²) in [5.74, 6) is -2.21. The molecule has 1 fully saturated rings. The Labute approximate surface area is 196 Å². The van der Waals surface area contributed by atoms with E-state index in [1.54, 1.807) is 4.90 Å². The molecule has 0 unspecified atom stereocenters. The number of nitrogen functional groups attached to an aromatic ring is 1. The number of anilines is 2. The highest BCUT2D eigenvalue weighted by atomic mass is 35.5. The summed E-state index contributed by atoms with van der Waals surface area (Å²) >= 11 is 6.53. The second-order valence-electron chi connectivity index (χ2n) is 8.69. The van der Waals surface area contributed by atoms with E-state index in [9.17, 15) is 8.78 Å². The molecule has 0 bridgehead atoms. The normalized spacial score (nSPS) is 18.3. The van der Waals surface area contributed by atoms with Gasteiger partial charge in [-0.2, -0.15) is 9.97 Å². The lowest BCUT2D eigenvalue weighted by atomic mass is 10.0. The number of nitrogens with zero attached hydrogens (tertiary/aromatic N) is 4. The molecule has 0 atom stereocenters. The van der Waals surface area contributed by atoms with E-state index in [1.165, 1.54) is 0 Å². The van der Waals surface area contributed by atoms with E-state index in [0.717, 1.165) is 34.3 Å². The van der Waals surface area contributed by atoms with Gasteiger partial charge in [0.25, 0.3) is 5.92 Å². The molecule has 2 aliphatic heterocycles. The van der Waals surface area contributed by atoms with E-state index in [1.807, 2.05) is 30.3 Å². The zero-order chi connectivity index (χ0) is 23.0. The second-order valence-corrected chi connectivity index (χ2v) is 9.09. The van der Waals surface area contributed by atoms with Crippen molar-refractivity contribution in [1.82, 2.24) is 14.9 Å². The van der Waals surface area contributed by atoms with Crippen LogP contribution in [0.15, 0.2) is 36.4 Å². The van der Waals surface area contributed by atoms with Crippen molar-refractivity contribution in [3.8, 4) is 6.01 Å². The fraction of sp³-hybridized carbons (Fsp3) is 0.417. The maximum Gasteiger partial charge on any atom is 0.318 e. The van der Waals surface area contributed by atoms with Gasteiger partial charge in [0.1, 0.15) is 12.4 Å². The summed E-state index contributed by atoms with van der Waals surface area (Å²) < 4.78 is 32.9. The van der Waals surface area contributed by atoms with E-state index in [2.05, 4.69) is 20.9 Å². The van der Waals surface area contributed by atoms with Crippen molar-refractivity contribution in [2.45, 2.75) is 31.7 Å². The van der Waals surface area contributed by atoms with Gasteiger partial charge < -0.3 is 15.4 Å². The molecule has 2 N–H and O–H groups in total. The fourth-order valence-electron chi connectivity index (χ4n) is 4.75. The van der Waals surface area contributed by atoms with E-state index < -0.39 is 5.92 Å². The molecule has 1 saturated heterocycles. The first-order valence-electron chi connectivity index (χ1n) is 11.2. The molecule has 0 radical (unpaired) electrons. The van der Waals surface area contributed by atoms with Crippen molar-refractivity contribution in [2.24, 2.45) is 0 Å². The number of benzene rings is 2. The largest absolute Gasteiger partial charge is 0.462 e.